The molecule has 3 N–H and O–H groups in total. The van der Waals surface area contributed by atoms with Gasteiger partial charge in [-0.05, 0) is 36.4 Å². The Morgan fingerprint density at radius 2 is 1.40 bits per heavy atom. The lowest BCUT2D eigenvalue weighted by Crippen LogP contribution is -2.22. The highest BCUT2D eigenvalue weighted by Crippen LogP contribution is 2.18. The van der Waals surface area contributed by atoms with E-state index >= 15 is 0 Å². The molecule has 0 saturated heterocycles. The Bertz CT molecular complexity index is 1110. The number of nitrogens with one attached hydrogen (secondary N) is 1. The highest BCUT2D eigenvalue weighted by Gasteiger charge is 2.09. The van der Waals surface area contributed by atoms with Gasteiger partial charge in [-0.1, -0.05) is 36.4 Å². The summed E-state index contributed by atoms with van der Waals surface area (Å²) in [6.45, 7) is 0. The van der Waals surface area contributed by atoms with Crippen molar-refractivity contribution in [3.63, 3.8) is 0 Å². The number of rotatable bonds is 2. The SMILES string of the molecule is Nc1ccccc1C(=O)NN=c1c2ccccc2oc2ccccc12. The molecule has 25 heavy (non-hydrogen) atoms. The van der Waals surface area contributed by atoms with Gasteiger partial charge >= 0.3 is 0 Å². The quantitative estimate of drug-likeness (QED) is 0.336. The van der Waals surface area contributed by atoms with Crippen LogP contribution in [0.15, 0.2) is 82.3 Å². The fourth-order valence-corrected chi connectivity index (χ4v) is 2.76. The van der Waals surface area contributed by atoms with Crippen molar-refractivity contribution in [3.05, 3.63) is 83.7 Å². The van der Waals surface area contributed by atoms with Crippen LogP contribution in [0.25, 0.3) is 21.9 Å². The van der Waals surface area contributed by atoms with Crippen molar-refractivity contribution < 1.29 is 9.21 Å². The molecule has 122 valence electrons. The van der Waals surface area contributed by atoms with Crippen LogP contribution in [0.5, 0.6) is 0 Å². The standard InChI is InChI=1S/C20H15N3O2/c21-16-10-4-1-7-13(16)20(24)23-22-19-14-8-2-5-11-17(14)25-18-12-6-3-9-15(18)19/h1-12H,21H2,(H,23,24). The van der Waals surface area contributed by atoms with Gasteiger partial charge in [0.2, 0.25) is 0 Å². The molecular weight excluding hydrogens is 314 g/mol. The summed E-state index contributed by atoms with van der Waals surface area (Å²) in [5.74, 6) is -0.355. The number of carbonyl (C=O) groups excluding carboxylic acids is 1. The fraction of sp³-hybridized carbons (Fsp3) is 0. The first-order valence-corrected chi connectivity index (χ1v) is 7.83. The van der Waals surface area contributed by atoms with Gasteiger partial charge in [-0.25, -0.2) is 5.43 Å². The van der Waals surface area contributed by atoms with E-state index in [2.05, 4.69) is 10.5 Å². The zero-order chi connectivity index (χ0) is 17.2. The number of hydrogen-bond acceptors (Lipinski definition) is 4. The van der Waals surface area contributed by atoms with Gasteiger partial charge in [0.1, 0.15) is 16.5 Å². The number of nitrogens with two attached hydrogens (primary N) is 1. The Labute approximate surface area is 143 Å². The Hall–Kier alpha value is -3.60. The predicted octanol–water partition coefficient (Wildman–Crippen LogP) is 3.41. The minimum Gasteiger partial charge on any atom is -0.456 e. The zero-order valence-electron chi connectivity index (χ0n) is 13.3. The summed E-state index contributed by atoms with van der Waals surface area (Å²) in [5, 5.41) is 6.66. The number of benzene rings is 3. The molecule has 4 aromatic rings. The molecule has 5 nitrogen and oxygen atoms in total. The summed E-state index contributed by atoms with van der Waals surface area (Å²) in [6.07, 6.45) is 0. The molecule has 0 aliphatic carbocycles. The van der Waals surface area contributed by atoms with Gasteiger partial charge in [0.15, 0.2) is 0 Å². The van der Waals surface area contributed by atoms with Gasteiger partial charge in [0, 0.05) is 16.5 Å². The van der Waals surface area contributed by atoms with Gasteiger partial charge in [-0.15, -0.1) is 0 Å². The van der Waals surface area contributed by atoms with Crippen molar-refractivity contribution in [2.24, 2.45) is 5.10 Å². The first-order valence-electron chi connectivity index (χ1n) is 7.83. The third-order valence-electron chi connectivity index (χ3n) is 3.98. The van der Waals surface area contributed by atoms with Crippen molar-refractivity contribution in [1.29, 1.82) is 0 Å². The van der Waals surface area contributed by atoms with E-state index in [1.165, 1.54) is 0 Å². The van der Waals surface area contributed by atoms with Crippen LogP contribution in [0.2, 0.25) is 0 Å². The van der Waals surface area contributed by atoms with E-state index in [0.717, 1.165) is 10.8 Å². The molecular formula is C20H15N3O2. The molecule has 0 atom stereocenters. The summed E-state index contributed by atoms with van der Waals surface area (Å²) < 4.78 is 5.90. The number of nitrogen functional groups attached to an aromatic ring is 1. The minimum atomic E-state index is -0.355. The van der Waals surface area contributed by atoms with Crippen LogP contribution in [0, 0.1) is 0 Å². The molecule has 4 rings (SSSR count). The van der Waals surface area contributed by atoms with Crippen molar-refractivity contribution in [2.45, 2.75) is 0 Å². The third-order valence-corrected chi connectivity index (χ3v) is 3.98. The summed E-state index contributed by atoms with van der Waals surface area (Å²) in [4.78, 5) is 12.4. The lowest BCUT2D eigenvalue weighted by atomic mass is 10.1. The number of para-hydroxylation sites is 3. The second-order valence-electron chi connectivity index (χ2n) is 5.58. The maximum Gasteiger partial charge on any atom is 0.273 e. The summed E-state index contributed by atoms with van der Waals surface area (Å²) in [7, 11) is 0. The molecule has 5 heteroatoms. The normalized spacial score (nSPS) is 10.7. The van der Waals surface area contributed by atoms with Crippen molar-refractivity contribution in [3.8, 4) is 0 Å². The number of anilines is 1. The van der Waals surface area contributed by atoms with Crippen LogP contribution in [0.3, 0.4) is 0 Å². The molecule has 1 aromatic heterocycles. The number of carbonyl (C=O) groups is 1. The maximum atomic E-state index is 12.4. The average Bonchev–Trinajstić information content (AvgIpc) is 2.65. The van der Waals surface area contributed by atoms with Crippen LogP contribution in [0.1, 0.15) is 10.4 Å². The van der Waals surface area contributed by atoms with Gasteiger partial charge in [-0.2, -0.15) is 5.10 Å². The van der Waals surface area contributed by atoms with E-state index in [0.29, 0.717) is 27.8 Å². The number of hydrogen-bond donors (Lipinski definition) is 2. The molecule has 0 radical (unpaired) electrons. The minimum absolute atomic E-state index is 0.355. The second kappa shape index (κ2) is 6.13. The van der Waals surface area contributed by atoms with E-state index in [4.69, 9.17) is 10.2 Å². The molecule has 0 aliphatic heterocycles. The summed E-state index contributed by atoms with van der Waals surface area (Å²) in [5.41, 5.74) is 10.7. The number of fused-ring (bicyclic) bond motifs is 2. The summed E-state index contributed by atoms with van der Waals surface area (Å²) in [6, 6.07) is 22.1. The largest absolute Gasteiger partial charge is 0.456 e. The highest BCUT2D eigenvalue weighted by atomic mass is 16.3. The van der Waals surface area contributed by atoms with Crippen LogP contribution < -0.4 is 16.5 Å². The number of nitrogens with zero attached hydrogens (tertiary/aromatic N) is 1. The lowest BCUT2D eigenvalue weighted by Gasteiger charge is -2.05. The van der Waals surface area contributed by atoms with Crippen LogP contribution >= 0.6 is 0 Å². The van der Waals surface area contributed by atoms with Crippen molar-refractivity contribution >= 4 is 33.5 Å². The smallest absolute Gasteiger partial charge is 0.273 e. The van der Waals surface area contributed by atoms with E-state index in [9.17, 15) is 4.79 Å². The van der Waals surface area contributed by atoms with E-state index in [1.54, 1.807) is 24.3 Å². The fourth-order valence-electron chi connectivity index (χ4n) is 2.76. The molecule has 3 aromatic carbocycles. The van der Waals surface area contributed by atoms with Gasteiger partial charge < -0.3 is 10.2 Å². The van der Waals surface area contributed by atoms with Gasteiger partial charge in [0.05, 0.1) is 5.56 Å². The third kappa shape index (κ3) is 2.72. The van der Waals surface area contributed by atoms with Crippen LogP contribution in [-0.2, 0) is 0 Å². The van der Waals surface area contributed by atoms with E-state index in [1.807, 2.05) is 48.5 Å². The van der Waals surface area contributed by atoms with E-state index < -0.39 is 0 Å². The van der Waals surface area contributed by atoms with Crippen molar-refractivity contribution in [2.75, 3.05) is 5.73 Å². The molecule has 0 saturated carbocycles. The highest BCUT2D eigenvalue weighted by molar-refractivity contribution is 5.99. The Morgan fingerprint density at radius 1 is 0.840 bits per heavy atom. The first-order chi connectivity index (χ1) is 12.2. The lowest BCUT2D eigenvalue weighted by molar-refractivity contribution is 0.0954. The predicted molar refractivity (Wildman–Crippen MR) is 97.6 cm³/mol. The second-order valence-corrected chi connectivity index (χ2v) is 5.58. The Balaban J connectivity index is 1.88. The summed E-state index contributed by atoms with van der Waals surface area (Å²) >= 11 is 0. The van der Waals surface area contributed by atoms with Gasteiger partial charge in [0.25, 0.3) is 5.91 Å². The molecule has 0 bridgehead atoms. The molecule has 0 fully saturated rings. The molecule has 0 aliphatic rings. The Morgan fingerprint density at radius 3 is 2.04 bits per heavy atom. The Kier molecular flexibility index (Phi) is 3.67. The van der Waals surface area contributed by atoms with Crippen LogP contribution in [0.4, 0.5) is 5.69 Å². The number of amides is 1. The van der Waals surface area contributed by atoms with Crippen LogP contribution in [-0.4, -0.2) is 5.91 Å². The van der Waals surface area contributed by atoms with Crippen molar-refractivity contribution in [1.82, 2.24) is 5.43 Å². The molecule has 1 heterocycles. The monoisotopic (exact) mass is 329 g/mol. The molecule has 0 spiro atoms. The molecule has 1 amide bonds. The zero-order valence-corrected chi connectivity index (χ0v) is 13.3. The van der Waals surface area contributed by atoms with Gasteiger partial charge in [-0.3, -0.25) is 4.79 Å². The molecule has 0 unspecified atom stereocenters. The average molecular weight is 329 g/mol. The maximum absolute atomic E-state index is 12.4. The first kappa shape index (κ1) is 15.0. The van der Waals surface area contributed by atoms with E-state index in [-0.39, 0.29) is 5.91 Å². The topological polar surface area (TPSA) is 80.6 Å².